The standard InChI is InChI=1S/C26H35N3O4/c1-18(2)14-23(28-25(30)17-33-24-9-7-6-8-20(24)5)26(31)29-27-15-21-10-12-22(13-11-21)32-16-19(3)4/h6-13,15,18-19,23H,14,16-17H2,1-5H3,(H,28,30)(H,29,31)/b27-15-/t23-/m1/s1. The molecule has 0 fully saturated rings. The van der Waals surface area contributed by atoms with E-state index in [1.165, 1.54) is 0 Å². The first-order valence-corrected chi connectivity index (χ1v) is 11.3. The third kappa shape index (κ3) is 9.76. The van der Waals surface area contributed by atoms with Gasteiger partial charge in [-0.1, -0.05) is 45.9 Å². The van der Waals surface area contributed by atoms with Gasteiger partial charge in [0, 0.05) is 0 Å². The Morgan fingerprint density at radius 1 is 0.970 bits per heavy atom. The number of rotatable bonds is 12. The molecule has 2 rings (SSSR count). The summed E-state index contributed by atoms with van der Waals surface area (Å²) in [5.41, 5.74) is 4.29. The lowest BCUT2D eigenvalue weighted by Gasteiger charge is -2.19. The van der Waals surface area contributed by atoms with Gasteiger partial charge >= 0.3 is 0 Å². The minimum absolute atomic E-state index is 0.165. The molecule has 2 amide bonds. The number of amides is 2. The summed E-state index contributed by atoms with van der Waals surface area (Å²) in [5, 5.41) is 6.79. The number of hydrogen-bond donors (Lipinski definition) is 2. The van der Waals surface area contributed by atoms with Crippen LogP contribution in [0.25, 0.3) is 0 Å². The molecule has 0 aliphatic rings. The monoisotopic (exact) mass is 453 g/mol. The van der Waals surface area contributed by atoms with E-state index in [0.717, 1.165) is 16.9 Å². The fourth-order valence-corrected chi connectivity index (χ4v) is 2.96. The van der Waals surface area contributed by atoms with E-state index in [1.54, 1.807) is 12.3 Å². The molecule has 178 valence electrons. The second kappa shape index (κ2) is 13.3. The van der Waals surface area contributed by atoms with Crippen LogP contribution < -0.4 is 20.2 Å². The number of aryl methyl sites for hydroxylation is 1. The molecule has 2 N–H and O–H groups in total. The Morgan fingerprint density at radius 3 is 2.30 bits per heavy atom. The molecule has 7 heteroatoms. The highest BCUT2D eigenvalue weighted by atomic mass is 16.5. The number of nitrogens with one attached hydrogen (secondary N) is 2. The first-order chi connectivity index (χ1) is 15.7. The van der Waals surface area contributed by atoms with Crippen molar-refractivity contribution in [2.24, 2.45) is 16.9 Å². The molecule has 33 heavy (non-hydrogen) atoms. The van der Waals surface area contributed by atoms with Crippen LogP contribution in [0.15, 0.2) is 53.6 Å². The highest BCUT2D eigenvalue weighted by Crippen LogP contribution is 2.16. The zero-order valence-corrected chi connectivity index (χ0v) is 20.1. The summed E-state index contributed by atoms with van der Waals surface area (Å²) in [4.78, 5) is 25.0. The number of hydrogen-bond acceptors (Lipinski definition) is 5. The zero-order valence-electron chi connectivity index (χ0n) is 20.1. The van der Waals surface area contributed by atoms with Gasteiger partial charge in [-0.2, -0.15) is 5.10 Å². The summed E-state index contributed by atoms with van der Waals surface area (Å²) in [6.07, 6.45) is 2.04. The van der Waals surface area contributed by atoms with E-state index >= 15 is 0 Å². The van der Waals surface area contributed by atoms with Gasteiger partial charge in [-0.3, -0.25) is 9.59 Å². The van der Waals surface area contributed by atoms with E-state index in [4.69, 9.17) is 9.47 Å². The van der Waals surface area contributed by atoms with Crippen LogP contribution in [0.2, 0.25) is 0 Å². The van der Waals surface area contributed by atoms with Gasteiger partial charge in [0.05, 0.1) is 12.8 Å². The van der Waals surface area contributed by atoms with Crippen LogP contribution in [0.3, 0.4) is 0 Å². The van der Waals surface area contributed by atoms with Crippen molar-refractivity contribution < 1.29 is 19.1 Å². The zero-order chi connectivity index (χ0) is 24.2. The summed E-state index contributed by atoms with van der Waals surface area (Å²) >= 11 is 0. The molecular weight excluding hydrogens is 418 g/mol. The summed E-state index contributed by atoms with van der Waals surface area (Å²) in [6, 6.07) is 14.2. The van der Waals surface area contributed by atoms with E-state index in [0.29, 0.717) is 24.7 Å². The number of carbonyl (C=O) groups is 2. The smallest absolute Gasteiger partial charge is 0.262 e. The van der Waals surface area contributed by atoms with Gasteiger partial charge in [-0.15, -0.1) is 0 Å². The number of benzene rings is 2. The largest absolute Gasteiger partial charge is 0.493 e. The molecule has 0 saturated carbocycles. The first kappa shape index (κ1) is 25.9. The summed E-state index contributed by atoms with van der Waals surface area (Å²) < 4.78 is 11.2. The second-order valence-electron chi connectivity index (χ2n) is 8.81. The molecular formula is C26H35N3O4. The summed E-state index contributed by atoms with van der Waals surface area (Å²) in [5.74, 6) is 1.36. The quantitative estimate of drug-likeness (QED) is 0.374. The summed E-state index contributed by atoms with van der Waals surface area (Å²) in [6.45, 7) is 10.6. The Bertz CT molecular complexity index is 923. The number of ether oxygens (including phenoxy) is 2. The lowest BCUT2D eigenvalue weighted by molar-refractivity contribution is -0.130. The minimum atomic E-state index is -0.707. The Morgan fingerprint density at radius 2 is 1.67 bits per heavy atom. The van der Waals surface area contributed by atoms with Crippen molar-refractivity contribution in [2.45, 2.75) is 47.1 Å². The van der Waals surface area contributed by atoms with Crippen molar-refractivity contribution in [2.75, 3.05) is 13.2 Å². The highest BCUT2D eigenvalue weighted by molar-refractivity contribution is 5.89. The van der Waals surface area contributed by atoms with Gasteiger partial charge in [0.1, 0.15) is 17.5 Å². The van der Waals surface area contributed by atoms with Gasteiger partial charge in [0.15, 0.2) is 6.61 Å². The lowest BCUT2D eigenvalue weighted by atomic mass is 10.0. The van der Waals surface area contributed by atoms with Crippen LogP contribution >= 0.6 is 0 Å². The average Bonchev–Trinajstić information content (AvgIpc) is 2.77. The Kier molecular flexibility index (Phi) is 10.4. The van der Waals surface area contributed by atoms with Crippen molar-refractivity contribution in [1.82, 2.24) is 10.7 Å². The fraction of sp³-hybridized carbons (Fsp3) is 0.423. The predicted molar refractivity (Wildman–Crippen MR) is 131 cm³/mol. The average molecular weight is 454 g/mol. The first-order valence-electron chi connectivity index (χ1n) is 11.3. The fourth-order valence-electron chi connectivity index (χ4n) is 2.96. The third-order valence-corrected chi connectivity index (χ3v) is 4.66. The Balaban J connectivity index is 1.88. The van der Waals surface area contributed by atoms with Gasteiger partial charge < -0.3 is 14.8 Å². The molecule has 2 aromatic carbocycles. The molecule has 0 aromatic heterocycles. The molecule has 0 unspecified atom stereocenters. The predicted octanol–water partition coefficient (Wildman–Crippen LogP) is 4.09. The molecule has 2 aromatic rings. The van der Waals surface area contributed by atoms with E-state index < -0.39 is 6.04 Å². The van der Waals surface area contributed by atoms with Gasteiger partial charge in [0.2, 0.25) is 0 Å². The van der Waals surface area contributed by atoms with E-state index in [9.17, 15) is 9.59 Å². The molecule has 0 bridgehead atoms. The Hall–Kier alpha value is -3.35. The van der Waals surface area contributed by atoms with Gasteiger partial charge in [-0.05, 0) is 66.6 Å². The lowest BCUT2D eigenvalue weighted by Crippen LogP contribution is -2.47. The number of hydrazone groups is 1. The number of carbonyl (C=O) groups excluding carboxylic acids is 2. The van der Waals surface area contributed by atoms with Gasteiger partial charge in [-0.25, -0.2) is 5.43 Å². The molecule has 1 atom stereocenters. The van der Waals surface area contributed by atoms with Crippen LogP contribution in [-0.4, -0.2) is 37.3 Å². The molecule has 0 radical (unpaired) electrons. The van der Waals surface area contributed by atoms with Crippen LogP contribution in [0.4, 0.5) is 0 Å². The minimum Gasteiger partial charge on any atom is -0.493 e. The maximum atomic E-state index is 12.6. The van der Waals surface area contributed by atoms with Crippen molar-refractivity contribution in [3.8, 4) is 11.5 Å². The van der Waals surface area contributed by atoms with Crippen molar-refractivity contribution in [1.29, 1.82) is 0 Å². The van der Waals surface area contributed by atoms with Gasteiger partial charge in [0.25, 0.3) is 11.8 Å². The SMILES string of the molecule is Cc1ccccc1OCC(=O)N[C@H](CC(C)C)C(=O)N/N=C\c1ccc(OCC(C)C)cc1. The molecule has 0 heterocycles. The van der Waals surface area contributed by atoms with Crippen LogP contribution in [0, 0.1) is 18.8 Å². The van der Waals surface area contributed by atoms with Crippen molar-refractivity contribution in [3.05, 3.63) is 59.7 Å². The van der Waals surface area contributed by atoms with Crippen molar-refractivity contribution in [3.63, 3.8) is 0 Å². The van der Waals surface area contributed by atoms with Crippen LogP contribution in [0.1, 0.15) is 45.2 Å². The van der Waals surface area contributed by atoms with Crippen LogP contribution in [-0.2, 0) is 9.59 Å². The van der Waals surface area contributed by atoms with Crippen LogP contribution in [0.5, 0.6) is 11.5 Å². The third-order valence-electron chi connectivity index (χ3n) is 4.66. The van der Waals surface area contributed by atoms with E-state index in [1.807, 2.05) is 63.2 Å². The number of nitrogens with zero attached hydrogens (tertiary/aromatic N) is 1. The highest BCUT2D eigenvalue weighted by Gasteiger charge is 2.22. The normalized spacial score (nSPS) is 12.1. The van der Waals surface area contributed by atoms with E-state index in [-0.39, 0.29) is 24.3 Å². The Labute approximate surface area is 196 Å². The number of para-hydroxylation sites is 1. The molecule has 0 spiro atoms. The molecule has 7 nitrogen and oxygen atoms in total. The second-order valence-corrected chi connectivity index (χ2v) is 8.81. The van der Waals surface area contributed by atoms with Crippen molar-refractivity contribution >= 4 is 18.0 Å². The maximum Gasteiger partial charge on any atom is 0.262 e. The maximum absolute atomic E-state index is 12.6. The topological polar surface area (TPSA) is 89.0 Å². The molecule has 0 saturated heterocycles. The summed E-state index contributed by atoms with van der Waals surface area (Å²) in [7, 11) is 0. The molecule has 0 aliphatic carbocycles. The van der Waals surface area contributed by atoms with E-state index in [2.05, 4.69) is 29.7 Å². The molecule has 0 aliphatic heterocycles.